The molecule has 7 nitrogen and oxygen atoms in total. The molecule has 1 aromatic heterocycles. The van der Waals surface area contributed by atoms with Gasteiger partial charge in [-0.15, -0.1) is 0 Å². The molecule has 0 bridgehead atoms. The Bertz CT molecular complexity index is 1150. The van der Waals surface area contributed by atoms with Gasteiger partial charge in [-0.05, 0) is 62.9 Å². The van der Waals surface area contributed by atoms with Gasteiger partial charge >= 0.3 is 0 Å². The van der Waals surface area contributed by atoms with Crippen LogP contribution in [0.5, 0.6) is 11.5 Å². The molecule has 1 saturated heterocycles. The second kappa shape index (κ2) is 10.3. The van der Waals surface area contributed by atoms with Crippen LogP contribution in [0.4, 0.5) is 11.5 Å². The minimum absolute atomic E-state index is 0.148. The van der Waals surface area contributed by atoms with Gasteiger partial charge in [-0.2, -0.15) is 0 Å². The van der Waals surface area contributed by atoms with E-state index in [-0.39, 0.29) is 12.5 Å². The van der Waals surface area contributed by atoms with Gasteiger partial charge in [-0.25, -0.2) is 4.98 Å². The van der Waals surface area contributed by atoms with Crippen molar-refractivity contribution in [1.29, 1.82) is 0 Å². The maximum absolute atomic E-state index is 12.4. The van der Waals surface area contributed by atoms with Crippen molar-refractivity contribution in [1.82, 2.24) is 9.88 Å². The lowest BCUT2D eigenvalue weighted by Gasteiger charge is -2.33. The number of piperazine rings is 1. The van der Waals surface area contributed by atoms with E-state index in [1.807, 2.05) is 25.1 Å². The van der Waals surface area contributed by atoms with E-state index in [1.165, 1.54) is 0 Å². The Hall–Kier alpha value is -3.03. The normalized spacial score (nSPS) is 14.4. The molecule has 174 valence electrons. The van der Waals surface area contributed by atoms with Gasteiger partial charge in [0.1, 0.15) is 17.3 Å². The summed E-state index contributed by atoms with van der Waals surface area (Å²) in [4.78, 5) is 22.0. The molecule has 4 rings (SSSR count). The van der Waals surface area contributed by atoms with Crippen molar-refractivity contribution in [3.8, 4) is 11.5 Å². The number of anilines is 2. The third-order valence-electron chi connectivity index (χ3n) is 5.69. The number of likely N-dealkylation sites (N-methyl/N-ethyl adjacent to an activating group) is 1. The second-order valence-corrected chi connectivity index (χ2v) is 8.59. The zero-order chi connectivity index (χ0) is 23.4. The van der Waals surface area contributed by atoms with Crippen LogP contribution in [0.2, 0.25) is 5.02 Å². The van der Waals surface area contributed by atoms with E-state index in [2.05, 4.69) is 35.2 Å². The molecule has 2 aromatic carbocycles. The van der Waals surface area contributed by atoms with Gasteiger partial charge in [0.2, 0.25) is 0 Å². The first-order chi connectivity index (χ1) is 15.9. The summed E-state index contributed by atoms with van der Waals surface area (Å²) in [7, 11) is 2.14. The van der Waals surface area contributed by atoms with Crippen LogP contribution in [0.1, 0.15) is 12.5 Å². The molecule has 3 aromatic rings. The standard InChI is InChI=1S/C25H29ClN4O3/c1-4-32-19-6-8-23(21(26)15-19)33-16-25(31)27-18-5-7-22-20(14-18)17(2)13-24(28-22)30-11-9-29(3)10-12-30/h5-8,13-15H,4,9-12,16H2,1-3H3,(H,27,31). The molecule has 0 spiro atoms. The lowest BCUT2D eigenvalue weighted by molar-refractivity contribution is -0.118. The average molecular weight is 469 g/mol. The highest BCUT2D eigenvalue weighted by Crippen LogP contribution is 2.29. The SMILES string of the molecule is CCOc1ccc(OCC(=O)Nc2ccc3nc(N4CCN(C)CC4)cc(C)c3c2)c(Cl)c1. The van der Waals surface area contributed by atoms with Crippen molar-refractivity contribution >= 4 is 39.9 Å². The quantitative estimate of drug-likeness (QED) is 0.555. The van der Waals surface area contributed by atoms with E-state index in [0.29, 0.717) is 28.8 Å². The minimum Gasteiger partial charge on any atom is -0.494 e. The number of aromatic nitrogens is 1. The number of carbonyl (C=O) groups excluding carboxylic acids is 1. The summed E-state index contributed by atoms with van der Waals surface area (Å²) in [6, 6.07) is 13.0. The van der Waals surface area contributed by atoms with E-state index < -0.39 is 0 Å². The number of aryl methyl sites for hydroxylation is 1. The number of hydrogen-bond acceptors (Lipinski definition) is 6. The first-order valence-electron chi connectivity index (χ1n) is 11.1. The molecule has 0 aliphatic carbocycles. The number of carbonyl (C=O) groups is 1. The smallest absolute Gasteiger partial charge is 0.262 e. The maximum atomic E-state index is 12.4. The number of pyridine rings is 1. The molecule has 0 unspecified atom stereocenters. The van der Waals surface area contributed by atoms with Crippen molar-refractivity contribution < 1.29 is 14.3 Å². The topological polar surface area (TPSA) is 66.9 Å². The van der Waals surface area contributed by atoms with Crippen LogP contribution in [0.25, 0.3) is 10.9 Å². The average Bonchev–Trinajstić information content (AvgIpc) is 2.79. The second-order valence-electron chi connectivity index (χ2n) is 8.18. The molecule has 0 saturated carbocycles. The van der Waals surface area contributed by atoms with Crippen molar-refractivity contribution in [2.45, 2.75) is 13.8 Å². The highest BCUT2D eigenvalue weighted by Gasteiger charge is 2.17. The number of halogens is 1. The Morgan fingerprint density at radius 3 is 2.61 bits per heavy atom. The van der Waals surface area contributed by atoms with E-state index in [0.717, 1.165) is 48.5 Å². The lowest BCUT2D eigenvalue weighted by atomic mass is 10.1. The number of rotatable bonds is 7. The number of ether oxygens (including phenoxy) is 2. The first-order valence-corrected chi connectivity index (χ1v) is 11.5. The molecule has 0 radical (unpaired) electrons. The fourth-order valence-corrected chi connectivity index (χ4v) is 4.07. The van der Waals surface area contributed by atoms with Crippen LogP contribution in [0.15, 0.2) is 42.5 Å². The molecule has 2 heterocycles. The number of benzene rings is 2. The first kappa shape index (κ1) is 23.1. The Kier molecular flexibility index (Phi) is 7.20. The van der Waals surface area contributed by atoms with Crippen LogP contribution in [0.3, 0.4) is 0 Å². The number of fused-ring (bicyclic) bond motifs is 1. The highest BCUT2D eigenvalue weighted by molar-refractivity contribution is 6.32. The van der Waals surface area contributed by atoms with Crippen LogP contribution in [0, 0.1) is 6.92 Å². The zero-order valence-corrected chi connectivity index (χ0v) is 20.0. The third-order valence-corrected chi connectivity index (χ3v) is 5.98. The third kappa shape index (κ3) is 5.67. The maximum Gasteiger partial charge on any atom is 0.262 e. The molecule has 1 aliphatic rings. The summed E-state index contributed by atoms with van der Waals surface area (Å²) in [6.07, 6.45) is 0. The van der Waals surface area contributed by atoms with Gasteiger partial charge in [-0.1, -0.05) is 11.6 Å². The lowest BCUT2D eigenvalue weighted by Crippen LogP contribution is -2.44. The van der Waals surface area contributed by atoms with Gasteiger partial charge < -0.3 is 24.6 Å². The molecule has 8 heteroatoms. The molecular formula is C25H29ClN4O3. The fourth-order valence-electron chi connectivity index (χ4n) is 3.85. The van der Waals surface area contributed by atoms with E-state index in [9.17, 15) is 4.79 Å². The summed E-state index contributed by atoms with van der Waals surface area (Å²) >= 11 is 6.22. The zero-order valence-electron chi connectivity index (χ0n) is 19.2. The molecule has 1 aliphatic heterocycles. The number of hydrogen-bond donors (Lipinski definition) is 1. The molecule has 1 amide bonds. The van der Waals surface area contributed by atoms with E-state index in [1.54, 1.807) is 18.2 Å². The molecule has 33 heavy (non-hydrogen) atoms. The van der Waals surface area contributed by atoms with Crippen LogP contribution >= 0.6 is 11.6 Å². The van der Waals surface area contributed by atoms with Crippen molar-refractivity contribution in [2.24, 2.45) is 0 Å². The summed E-state index contributed by atoms with van der Waals surface area (Å²) in [6.45, 7) is 8.40. The number of nitrogens with zero attached hydrogens (tertiary/aromatic N) is 3. The van der Waals surface area contributed by atoms with Crippen LogP contribution < -0.4 is 19.7 Å². The van der Waals surface area contributed by atoms with E-state index in [4.69, 9.17) is 26.1 Å². The minimum atomic E-state index is -0.265. The van der Waals surface area contributed by atoms with Gasteiger partial charge in [0, 0.05) is 43.3 Å². The molecule has 1 fully saturated rings. The Morgan fingerprint density at radius 1 is 1.09 bits per heavy atom. The van der Waals surface area contributed by atoms with Gasteiger partial charge in [-0.3, -0.25) is 4.79 Å². The summed E-state index contributed by atoms with van der Waals surface area (Å²) in [5.74, 6) is 1.84. The van der Waals surface area contributed by atoms with Crippen molar-refractivity contribution in [3.63, 3.8) is 0 Å². The summed E-state index contributed by atoms with van der Waals surface area (Å²) < 4.78 is 11.0. The monoisotopic (exact) mass is 468 g/mol. The van der Waals surface area contributed by atoms with Gasteiger partial charge in [0.05, 0.1) is 17.1 Å². The largest absolute Gasteiger partial charge is 0.494 e. The Morgan fingerprint density at radius 2 is 1.88 bits per heavy atom. The molecule has 1 N–H and O–H groups in total. The van der Waals surface area contributed by atoms with E-state index >= 15 is 0 Å². The molecule has 0 atom stereocenters. The Balaban J connectivity index is 1.41. The summed E-state index contributed by atoms with van der Waals surface area (Å²) in [5.41, 5.74) is 2.74. The van der Waals surface area contributed by atoms with Crippen molar-refractivity contribution in [2.75, 3.05) is 56.7 Å². The predicted octanol–water partition coefficient (Wildman–Crippen LogP) is 4.36. The van der Waals surface area contributed by atoms with Crippen LogP contribution in [-0.4, -0.2) is 62.2 Å². The van der Waals surface area contributed by atoms with Gasteiger partial charge in [0.25, 0.3) is 5.91 Å². The predicted molar refractivity (Wildman–Crippen MR) is 133 cm³/mol. The van der Waals surface area contributed by atoms with Gasteiger partial charge in [0.15, 0.2) is 6.61 Å². The van der Waals surface area contributed by atoms with Crippen molar-refractivity contribution in [3.05, 3.63) is 53.1 Å². The highest BCUT2D eigenvalue weighted by atomic mass is 35.5. The summed E-state index contributed by atoms with van der Waals surface area (Å²) in [5, 5.41) is 4.31. The van der Waals surface area contributed by atoms with Crippen LogP contribution in [-0.2, 0) is 4.79 Å². The number of nitrogens with one attached hydrogen (secondary N) is 1. The Labute approximate surface area is 199 Å². The number of amides is 1. The fraction of sp³-hybridized carbons (Fsp3) is 0.360. The molecular weight excluding hydrogens is 440 g/mol.